The molecule has 0 saturated carbocycles. The Balaban J connectivity index is 2.41. The number of aromatic nitrogens is 2. The van der Waals surface area contributed by atoms with Gasteiger partial charge < -0.3 is 10.3 Å². The zero-order chi connectivity index (χ0) is 11.4. The third-order valence-electron chi connectivity index (χ3n) is 2.79. The zero-order valence-corrected chi connectivity index (χ0v) is 9.82. The van der Waals surface area contributed by atoms with E-state index in [9.17, 15) is 0 Å². The first-order valence-electron chi connectivity index (χ1n) is 6.01. The van der Waals surface area contributed by atoms with Gasteiger partial charge in [-0.25, -0.2) is 4.98 Å². The smallest absolute Gasteiger partial charge is 0.109 e. The first kappa shape index (κ1) is 11.1. The Labute approximate surface area is 96.3 Å². The second-order valence-corrected chi connectivity index (χ2v) is 4.06. The Morgan fingerprint density at radius 2 is 2.12 bits per heavy atom. The molecule has 16 heavy (non-hydrogen) atoms. The summed E-state index contributed by atoms with van der Waals surface area (Å²) in [4.78, 5) is 4.68. The van der Waals surface area contributed by atoms with Crippen LogP contribution in [0.5, 0.6) is 0 Å². The lowest BCUT2D eigenvalue weighted by atomic mass is 10.3. The van der Waals surface area contributed by atoms with Crippen LogP contribution in [-0.4, -0.2) is 16.1 Å². The molecular weight excluding hydrogens is 198 g/mol. The van der Waals surface area contributed by atoms with Crippen LogP contribution in [0.3, 0.4) is 0 Å². The Morgan fingerprint density at radius 3 is 2.88 bits per heavy atom. The molecule has 0 atom stereocenters. The highest BCUT2D eigenvalue weighted by Crippen LogP contribution is 2.17. The fourth-order valence-electron chi connectivity index (χ4n) is 2.05. The lowest BCUT2D eigenvalue weighted by Gasteiger charge is -2.06. The van der Waals surface area contributed by atoms with Crippen molar-refractivity contribution in [2.75, 3.05) is 6.54 Å². The maximum absolute atomic E-state index is 5.56. The Kier molecular flexibility index (Phi) is 3.57. The molecular formula is C13H19N3. The molecule has 3 nitrogen and oxygen atoms in total. The number of nitrogens with zero attached hydrogens (tertiary/aromatic N) is 2. The van der Waals surface area contributed by atoms with Crippen LogP contribution in [0.15, 0.2) is 24.3 Å². The molecule has 0 aliphatic rings. The van der Waals surface area contributed by atoms with Gasteiger partial charge in [0.1, 0.15) is 5.82 Å². The summed E-state index contributed by atoms with van der Waals surface area (Å²) in [7, 11) is 0. The number of aryl methyl sites for hydroxylation is 2. The van der Waals surface area contributed by atoms with Crippen molar-refractivity contribution in [3.05, 3.63) is 30.1 Å². The van der Waals surface area contributed by atoms with Gasteiger partial charge in [-0.15, -0.1) is 0 Å². The quantitative estimate of drug-likeness (QED) is 0.835. The number of benzene rings is 1. The largest absolute Gasteiger partial charge is 0.330 e. The van der Waals surface area contributed by atoms with Gasteiger partial charge in [0, 0.05) is 13.0 Å². The van der Waals surface area contributed by atoms with Gasteiger partial charge in [-0.2, -0.15) is 0 Å². The summed E-state index contributed by atoms with van der Waals surface area (Å²) in [6, 6.07) is 8.33. The number of rotatable bonds is 5. The van der Waals surface area contributed by atoms with Crippen molar-refractivity contribution >= 4 is 11.0 Å². The van der Waals surface area contributed by atoms with Gasteiger partial charge in [0.25, 0.3) is 0 Å². The van der Waals surface area contributed by atoms with Gasteiger partial charge in [-0.1, -0.05) is 19.1 Å². The number of imidazole rings is 1. The van der Waals surface area contributed by atoms with Crippen LogP contribution in [0.1, 0.15) is 25.6 Å². The van der Waals surface area contributed by atoms with Crippen LogP contribution in [0.4, 0.5) is 0 Å². The van der Waals surface area contributed by atoms with Gasteiger partial charge in [0.2, 0.25) is 0 Å². The SMILES string of the molecule is CCCn1c(CCCN)nc2ccccc21. The van der Waals surface area contributed by atoms with Crippen molar-refractivity contribution < 1.29 is 0 Å². The highest BCUT2D eigenvalue weighted by Gasteiger charge is 2.08. The van der Waals surface area contributed by atoms with Crippen LogP contribution < -0.4 is 5.73 Å². The van der Waals surface area contributed by atoms with Gasteiger partial charge in [-0.05, 0) is 31.5 Å². The molecule has 86 valence electrons. The van der Waals surface area contributed by atoms with Crippen molar-refractivity contribution in [2.45, 2.75) is 32.7 Å². The summed E-state index contributed by atoms with van der Waals surface area (Å²) < 4.78 is 2.32. The van der Waals surface area contributed by atoms with E-state index in [1.807, 2.05) is 6.07 Å². The van der Waals surface area contributed by atoms with Gasteiger partial charge in [-0.3, -0.25) is 0 Å². The Morgan fingerprint density at radius 1 is 1.31 bits per heavy atom. The van der Waals surface area contributed by atoms with Gasteiger partial charge in [0.05, 0.1) is 11.0 Å². The molecule has 0 spiro atoms. The van der Waals surface area contributed by atoms with E-state index in [4.69, 9.17) is 5.73 Å². The molecule has 0 bridgehead atoms. The van der Waals surface area contributed by atoms with Gasteiger partial charge in [0.15, 0.2) is 0 Å². The molecule has 1 aromatic carbocycles. The molecule has 0 aliphatic carbocycles. The number of para-hydroxylation sites is 2. The van der Waals surface area contributed by atoms with Crippen LogP contribution in [0.2, 0.25) is 0 Å². The summed E-state index contributed by atoms with van der Waals surface area (Å²) in [5, 5.41) is 0. The molecule has 0 unspecified atom stereocenters. The molecule has 0 aliphatic heterocycles. The van der Waals surface area contributed by atoms with E-state index in [0.29, 0.717) is 0 Å². The predicted octanol–water partition coefficient (Wildman–Crippen LogP) is 2.34. The number of fused-ring (bicyclic) bond motifs is 1. The fourth-order valence-corrected chi connectivity index (χ4v) is 2.05. The monoisotopic (exact) mass is 217 g/mol. The topological polar surface area (TPSA) is 43.8 Å². The van der Waals surface area contributed by atoms with Crippen LogP contribution in [0, 0.1) is 0 Å². The summed E-state index contributed by atoms with van der Waals surface area (Å²) in [6.45, 7) is 3.97. The van der Waals surface area contributed by atoms with E-state index in [2.05, 4.69) is 34.7 Å². The second-order valence-electron chi connectivity index (χ2n) is 4.06. The zero-order valence-electron chi connectivity index (χ0n) is 9.82. The third kappa shape index (κ3) is 2.09. The highest BCUT2D eigenvalue weighted by atomic mass is 15.1. The van der Waals surface area contributed by atoms with E-state index < -0.39 is 0 Å². The average Bonchev–Trinajstić information content (AvgIpc) is 2.66. The Hall–Kier alpha value is -1.35. The summed E-state index contributed by atoms with van der Waals surface area (Å²) in [5.74, 6) is 1.17. The fraction of sp³-hybridized carbons (Fsp3) is 0.462. The summed E-state index contributed by atoms with van der Waals surface area (Å²) in [6.07, 6.45) is 3.12. The summed E-state index contributed by atoms with van der Waals surface area (Å²) >= 11 is 0. The molecule has 0 radical (unpaired) electrons. The molecule has 2 rings (SSSR count). The maximum Gasteiger partial charge on any atom is 0.109 e. The molecule has 2 N–H and O–H groups in total. The first-order valence-corrected chi connectivity index (χ1v) is 6.01. The second kappa shape index (κ2) is 5.12. The van der Waals surface area contributed by atoms with E-state index in [1.165, 1.54) is 11.3 Å². The summed E-state index contributed by atoms with van der Waals surface area (Å²) in [5.41, 5.74) is 7.90. The minimum Gasteiger partial charge on any atom is -0.330 e. The normalized spacial score (nSPS) is 11.1. The number of nitrogens with two attached hydrogens (primary N) is 1. The Bertz CT molecular complexity index is 459. The molecule has 0 amide bonds. The average molecular weight is 217 g/mol. The van der Waals surface area contributed by atoms with Crippen molar-refractivity contribution in [3.63, 3.8) is 0 Å². The van der Waals surface area contributed by atoms with Crippen molar-refractivity contribution in [3.8, 4) is 0 Å². The van der Waals surface area contributed by atoms with E-state index in [1.54, 1.807) is 0 Å². The molecule has 1 aromatic heterocycles. The standard InChI is InChI=1S/C13H19N3/c1-2-10-16-12-7-4-3-6-11(12)15-13(16)8-5-9-14/h3-4,6-7H,2,5,8-10,14H2,1H3. The number of hydrogen-bond acceptors (Lipinski definition) is 2. The van der Waals surface area contributed by atoms with Crippen LogP contribution >= 0.6 is 0 Å². The van der Waals surface area contributed by atoms with E-state index >= 15 is 0 Å². The van der Waals surface area contributed by atoms with Crippen molar-refractivity contribution in [1.82, 2.24) is 9.55 Å². The first-order chi connectivity index (χ1) is 7.86. The minimum atomic E-state index is 0.731. The van der Waals surface area contributed by atoms with Crippen molar-refractivity contribution in [2.24, 2.45) is 5.73 Å². The third-order valence-corrected chi connectivity index (χ3v) is 2.79. The van der Waals surface area contributed by atoms with E-state index in [-0.39, 0.29) is 0 Å². The molecule has 3 heteroatoms. The molecule has 2 aromatic rings. The predicted molar refractivity (Wildman–Crippen MR) is 67.4 cm³/mol. The minimum absolute atomic E-state index is 0.731. The molecule has 0 fully saturated rings. The maximum atomic E-state index is 5.56. The molecule has 0 saturated heterocycles. The lowest BCUT2D eigenvalue weighted by molar-refractivity contribution is 0.639. The number of hydrogen-bond donors (Lipinski definition) is 1. The highest BCUT2D eigenvalue weighted by molar-refractivity contribution is 5.75. The van der Waals surface area contributed by atoms with Crippen LogP contribution in [-0.2, 0) is 13.0 Å². The van der Waals surface area contributed by atoms with Gasteiger partial charge >= 0.3 is 0 Å². The van der Waals surface area contributed by atoms with E-state index in [0.717, 1.165) is 37.9 Å². The molecule has 1 heterocycles. The van der Waals surface area contributed by atoms with Crippen LogP contribution in [0.25, 0.3) is 11.0 Å². The lowest BCUT2D eigenvalue weighted by Crippen LogP contribution is -2.07. The van der Waals surface area contributed by atoms with Crippen molar-refractivity contribution in [1.29, 1.82) is 0 Å².